The molecule has 0 aliphatic heterocycles. The molecular weight excluding hydrogens is 80.0 g/mol. The van der Waals surface area contributed by atoms with Crippen LogP contribution in [0, 0.1) is 0 Å². The van der Waals surface area contributed by atoms with Crippen molar-refractivity contribution in [1.82, 2.24) is 0 Å². The van der Waals surface area contributed by atoms with Crippen LogP contribution in [0.25, 0.3) is 0 Å². The Hall–Kier alpha value is -0.880. The SMILES string of the molecule is C=C=C([O])OC. The van der Waals surface area contributed by atoms with E-state index in [0.717, 1.165) is 0 Å². The van der Waals surface area contributed by atoms with Crippen molar-refractivity contribution in [2.75, 3.05) is 7.11 Å². The lowest BCUT2D eigenvalue weighted by Gasteiger charge is -1.81. The standard InChI is InChI=1S/C4H5O2/c1-3-4(5)6-2/h1H2,2H3. The molecule has 0 aromatic carbocycles. The Balaban J connectivity index is 3.52. The predicted octanol–water partition coefficient (Wildman–Crippen LogP) is 0.690. The normalized spacial score (nSPS) is 6.17. The first-order valence-electron chi connectivity index (χ1n) is 1.42. The lowest BCUT2D eigenvalue weighted by atomic mass is 10.9. The van der Waals surface area contributed by atoms with Crippen molar-refractivity contribution in [3.63, 3.8) is 0 Å². The highest BCUT2D eigenvalue weighted by molar-refractivity contribution is 4.72. The molecule has 0 saturated carbocycles. The van der Waals surface area contributed by atoms with Crippen molar-refractivity contribution in [1.29, 1.82) is 0 Å². The smallest absolute Gasteiger partial charge is 0.375 e. The molecule has 0 aromatic heterocycles. The van der Waals surface area contributed by atoms with Crippen LogP contribution in [0.4, 0.5) is 0 Å². The summed E-state index contributed by atoms with van der Waals surface area (Å²) < 4.78 is 4.09. The van der Waals surface area contributed by atoms with Crippen LogP contribution >= 0.6 is 0 Å². The van der Waals surface area contributed by atoms with Crippen LogP contribution in [0.15, 0.2) is 18.3 Å². The summed E-state index contributed by atoms with van der Waals surface area (Å²) in [6, 6.07) is 0. The average Bonchev–Trinajstić information content (AvgIpc) is 1.65. The zero-order valence-corrected chi connectivity index (χ0v) is 3.52. The van der Waals surface area contributed by atoms with Crippen molar-refractivity contribution >= 4 is 0 Å². The number of ether oxygens (including phenoxy) is 1. The molecule has 0 amide bonds. The van der Waals surface area contributed by atoms with Crippen molar-refractivity contribution in [3.05, 3.63) is 18.3 Å². The molecule has 0 atom stereocenters. The van der Waals surface area contributed by atoms with Gasteiger partial charge in [-0.15, -0.1) is 0 Å². The summed E-state index contributed by atoms with van der Waals surface area (Å²) in [6.07, 6.45) is 0. The van der Waals surface area contributed by atoms with E-state index in [2.05, 4.69) is 11.3 Å². The van der Waals surface area contributed by atoms with Gasteiger partial charge in [-0.05, 0) is 12.3 Å². The van der Waals surface area contributed by atoms with Gasteiger partial charge >= 0.3 is 5.95 Å². The van der Waals surface area contributed by atoms with Crippen LogP contribution in [-0.2, 0) is 9.84 Å². The molecule has 1 radical (unpaired) electrons. The Labute approximate surface area is 36.4 Å². The van der Waals surface area contributed by atoms with E-state index in [9.17, 15) is 5.11 Å². The summed E-state index contributed by atoms with van der Waals surface area (Å²) in [5.41, 5.74) is 2.00. The molecule has 0 aliphatic carbocycles. The van der Waals surface area contributed by atoms with E-state index >= 15 is 0 Å². The second-order valence-electron chi connectivity index (χ2n) is 0.668. The van der Waals surface area contributed by atoms with E-state index in [1.54, 1.807) is 0 Å². The summed E-state index contributed by atoms with van der Waals surface area (Å²) in [5, 5.41) is 9.78. The lowest BCUT2D eigenvalue weighted by molar-refractivity contribution is 0.0878. The summed E-state index contributed by atoms with van der Waals surface area (Å²) in [7, 11) is 1.28. The van der Waals surface area contributed by atoms with Crippen LogP contribution < -0.4 is 0 Å². The van der Waals surface area contributed by atoms with Crippen LogP contribution in [0.2, 0.25) is 0 Å². The number of hydrogen-bond donors (Lipinski definition) is 0. The molecular formula is C4H5O2. The third-order valence-corrected chi connectivity index (χ3v) is 0.330. The molecule has 6 heavy (non-hydrogen) atoms. The molecule has 2 nitrogen and oxygen atoms in total. The van der Waals surface area contributed by atoms with Gasteiger partial charge in [-0.25, -0.2) is 5.11 Å². The van der Waals surface area contributed by atoms with Crippen LogP contribution in [0.1, 0.15) is 0 Å². The van der Waals surface area contributed by atoms with Gasteiger partial charge in [0.25, 0.3) is 0 Å². The Kier molecular flexibility index (Phi) is 2.02. The third-order valence-electron chi connectivity index (χ3n) is 0.330. The summed E-state index contributed by atoms with van der Waals surface area (Å²) in [5.74, 6) is -0.519. The fourth-order valence-corrected chi connectivity index (χ4v) is 0.0722. The minimum Gasteiger partial charge on any atom is -0.460 e. The van der Waals surface area contributed by atoms with Crippen molar-refractivity contribution in [2.45, 2.75) is 0 Å². The van der Waals surface area contributed by atoms with Gasteiger partial charge in [0.2, 0.25) is 0 Å². The maximum absolute atomic E-state index is 9.78. The maximum atomic E-state index is 9.78. The average molecular weight is 85.1 g/mol. The highest BCUT2D eigenvalue weighted by atomic mass is 16.6. The maximum Gasteiger partial charge on any atom is 0.375 e. The molecule has 0 unspecified atom stereocenters. The Morgan fingerprint density at radius 1 is 2.00 bits per heavy atom. The third kappa shape index (κ3) is 1.44. The van der Waals surface area contributed by atoms with Crippen LogP contribution in [0.5, 0.6) is 0 Å². The quantitative estimate of drug-likeness (QED) is 0.340. The van der Waals surface area contributed by atoms with Gasteiger partial charge in [0.15, 0.2) is 0 Å². The molecule has 0 aromatic rings. The predicted molar refractivity (Wildman–Crippen MR) is 20.3 cm³/mol. The van der Waals surface area contributed by atoms with Gasteiger partial charge in [0.1, 0.15) is 0 Å². The van der Waals surface area contributed by atoms with Gasteiger partial charge in [-0.1, -0.05) is 0 Å². The number of methoxy groups -OCH3 is 1. The lowest BCUT2D eigenvalue weighted by Crippen LogP contribution is -1.74. The molecule has 0 heterocycles. The molecule has 0 spiro atoms. The highest BCUT2D eigenvalue weighted by Crippen LogP contribution is 1.79. The van der Waals surface area contributed by atoms with Crippen molar-refractivity contribution in [3.8, 4) is 0 Å². The van der Waals surface area contributed by atoms with Crippen molar-refractivity contribution in [2.24, 2.45) is 0 Å². The first kappa shape index (κ1) is 5.12. The first-order valence-corrected chi connectivity index (χ1v) is 1.42. The van der Waals surface area contributed by atoms with E-state index in [4.69, 9.17) is 0 Å². The molecule has 0 aliphatic rings. The van der Waals surface area contributed by atoms with E-state index in [1.807, 2.05) is 5.73 Å². The van der Waals surface area contributed by atoms with Gasteiger partial charge in [0, 0.05) is 0 Å². The van der Waals surface area contributed by atoms with Gasteiger partial charge in [0.05, 0.1) is 7.11 Å². The van der Waals surface area contributed by atoms with Crippen LogP contribution in [0.3, 0.4) is 0 Å². The van der Waals surface area contributed by atoms with E-state index < -0.39 is 5.95 Å². The Bertz CT molecular complexity index is 79.5. The summed E-state index contributed by atoms with van der Waals surface area (Å²) in [6.45, 7) is 3.03. The summed E-state index contributed by atoms with van der Waals surface area (Å²) in [4.78, 5) is 0. The molecule has 0 fully saturated rings. The molecule has 0 rings (SSSR count). The van der Waals surface area contributed by atoms with E-state index in [0.29, 0.717) is 0 Å². The Morgan fingerprint density at radius 3 is 2.50 bits per heavy atom. The zero-order valence-electron chi connectivity index (χ0n) is 3.52. The van der Waals surface area contributed by atoms with Gasteiger partial charge in [-0.3, -0.25) is 0 Å². The number of hydrogen-bond acceptors (Lipinski definition) is 1. The zero-order chi connectivity index (χ0) is 4.99. The fraction of sp³-hybridized carbons (Fsp3) is 0.250. The number of rotatable bonds is 1. The second-order valence-corrected chi connectivity index (χ2v) is 0.668. The minimum atomic E-state index is -0.519. The Morgan fingerprint density at radius 2 is 2.50 bits per heavy atom. The molecule has 0 N–H and O–H groups in total. The highest BCUT2D eigenvalue weighted by Gasteiger charge is 1.79. The summed E-state index contributed by atoms with van der Waals surface area (Å²) >= 11 is 0. The molecule has 0 bridgehead atoms. The van der Waals surface area contributed by atoms with Crippen molar-refractivity contribution < 1.29 is 9.84 Å². The monoisotopic (exact) mass is 85.0 g/mol. The molecule has 0 saturated heterocycles. The van der Waals surface area contributed by atoms with E-state index in [-0.39, 0.29) is 0 Å². The van der Waals surface area contributed by atoms with Gasteiger partial charge < -0.3 is 4.74 Å². The van der Waals surface area contributed by atoms with Gasteiger partial charge in [-0.2, -0.15) is 0 Å². The fourth-order valence-electron chi connectivity index (χ4n) is 0.0722. The largest absolute Gasteiger partial charge is 0.460 e. The van der Waals surface area contributed by atoms with Crippen LogP contribution in [-0.4, -0.2) is 7.11 Å². The molecule has 33 valence electrons. The first-order chi connectivity index (χ1) is 2.81. The van der Waals surface area contributed by atoms with E-state index in [1.165, 1.54) is 7.11 Å². The second kappa shape index (κ2) is 2.36. The topological polar surface area (TPSA) is 29.1 Å². The minimum absolute atomic E-state index is 0.519. The molecule has 2 heteroatoms.